The van der Waals surface area contributed by atoms with Gasteiger partial charge in [-0.3, -0.25) is 9.59 Å². The lowest BCUT2D eigenvalue weighted by atomic mass is 9.95. The number of amides is 2. The highest BCUT2D eigenvalue weighted by Gasteiger charge is 2.32. The third kappa shape index (κ3) is 4.50. The number of nitrogens with zero attached hydrogens (tertiary/aromatic N) is 3. The minimum absolute atomic E-state index is 0.0513. The fourth-order valence-electron chi connectivity index (χ4n) is 4.03. The molecule has 1 atom stereocenters. The molecule has 2 amide bonds. The average molecular weight is 420 g/mol. The lowest BCUT2D eigenvalue weighted by molar-refractivity contribution is -0.134. The van der Waals surface area contributed by atoms with Crippen LogP contribution in [-0.4, -0.2) is 57.8 Å². The smallest absolute Gasteiger partial charge is 0.289 e. The van der Waals surface area contributed by atoms with Gasteiger partial charge in [0.2, 0.25) is 5.91 Å². The Balaban J connectivity index is 1.53. The van der Waals surface area contributed by atoms with Crippen LogP contribution in [0.2, 0.25) is 0 Å². The summed E-state index contributed by atoms with van der Waals surface area (Å²) in [5.74, 6) is -0.475. The van der Waals surface area contributed by atoms with Gasteiger partial charge in [-0.05, 0) is 30.5 Å². The number of carbonyl (C=O) groups excluding carboxylic acids is 2. The number of rotatable bonds is 5. The number of benzene rings is 2. The highest BCUT2D eigenvalue weighted by molar-refractivity contribution is 5.91. The Morgan fingerprint density at radius 3 is 2.61 bits per heavy atom. The summed E-state index contributed by atoms with van der Waals surface area (Å²) >= 11 is 0. The standard InChI is InChI=1S/C24H25FN4O2/c1-2-28-13-14-29(24(31)22-26-11-12-27-22)16-19(23(28)30)15-17-7-9-18(10-8-17)20-5-3-4-6-21(20)25/h3-12,19H,2,13-16H2,1H3,(H,26,27). The van der Waals surface area contributed by atoms with E-state index >= 15 is 0 Å². The van der Waals surface area contributed by atoms with Crippen molar-refractivity contribution in [2.24, 2.45) is 5.92 Å². The third-order valence-electron chi connectivity index (χ3n) is 5.73. The van der Waals surface area contributed by atoms with Gasteiger partial charge in [-0.25, -0.2) is 9.37 Å². The Bertz CT molecular complexity index is 1050. The van der Waals surface area contributed by atoms with Crippen molar-refractivity contribution in [1.29, 1.82) is 0 Å². The predicted octanol–water partition coefficient (Wildman–Crippen LogP) is 3.38. The summed E-state index contributed by atoms with van der Waals surface area (Å²) in [6, 6.07) is 14.3. The van der Waals surface area contributed by atoms with E-state index in [1.54, 1.807) is 40.4 Å². The number of hydrogen-bond donors (Lipinski definition) is 1. The van der Waals surface area contributed by atoms with Crippen LogP contribution in [0.1, 0.15) is 23.1 Å². The first kappa shape index (κ1) is 20.8. The van der Waals surface area contributed by atoms with Crippen LogP contribution in [0, 0.1) is 11.7 Å². The van der Waals surface area contributed by atoms with Gasteiger partial charge in [0, 0.05) is 44.1 Å². The predicted molar refractivity (Wildman–Crippen MR) is 116 cm³/mol. The van der Waals surface area contributed by atoms with E-state index in [9.17, 15) is 14.0 Å². The van der Waals surface area contributed by atoms with Crippen molar-refractivity contribution >= 4 is 11.8 Å². The molecule has 1 aliphatic heterocycles. The van der Waals surface area contributed by atoms with E-state index in [2.05, 4.69) is 9.97 Å². The van der Waals surface area contributed by atoms with Crippen molar-refractivity contribution in [1.82, 2.24) is 19.8 Å². The summed E-state index contributed by atoms with van der Waals surface area (Å²) < 4.78 is 14.1. The molecular formula is C24H25FN4O2. The zero-order valence-corrected chi connectivity index (χ0v) is 17.4. The second-order valence-electron chi connectivity index (χ2n) is 7.68. The summed E-state index contributed by atoms with van der Waals surface area (Å²) in [5.41, 5.74) is 2.31. The monoisotopic (exact) mass is 420 g/mol. The van der Waals surface area contributed by atoms with Gasteiger partial charge in [-0.2, -0.15) is 0 Å². The largest absolute Gasteiger partial charge is 0.341 e. The first-order valence-corrected chi connectivity index (χ1v) is 10.5. The number of aromatic amines is 1. The van der Waals surface area contributed by atoms with Crippen LogP contribution >= 0.6 is 0 Å². The Morgan fingerprint density at radius 1 is 1.16 bits per heavy atom. The van der Waals surface area contributed by atoms with E-state index in [1.807, 2.05) is 31.2 Å². The van der Waals surface area contributed by atoms with Gasteiger partial charge in [0.05, 0.1) is 5.92 Å². The molecule has 1 fully saturated rings. The lowest BCUT2D eigenvalue weighted by Gasteiger charge is -2.23. The minimum atomic E-state index is -0.347. The normalized spacial score (nSPS) is 17.0. The maximum Gasteiger partial charge on any atom is 0.289 e. The summed E-state index contributed by atoms with van der Waals surface area (Å²) in [6.45, 7) is 3.86. The SMILES string of the molecule is CCN1CCN(C(=O)c2ncc[nH]2)CC(Cc2ccc(-c3ccccc3F)cc2)C1=O. The van der Waals surface area contributed by atoms with Crippen molar-refractivity contribution in [3.63, 3.8) is 0 Å². The number of likely N-dealkylation sites (N-methyl/N-ethyl adjacent to an activating group) is 1. The Hall–Kier alpha value is -3.48. The van der Waals surface area contributed by atoms with E-state index in [1.165, 1.54) is 6.07 Å². The van der Waals surface area contributed by atoms with Gasteiger partial charge in [0.25, 0.3) is 5.91 Å². The molecule has 2 heterocycles. The van der Waals surface area contributed by atoms with Gasteiger partial charge in [0.15, 0.2) is 5.82 Å². The summed E-state index contributed by atoms with van der Waals surface area (Å²) in [4.78, 5) is 36.3. The first-order chi connectivity index (χ1) is 15.1. The lowest BCUT2D eigenvalue weighted by Crippen LogP contribution is -2.38. The molecule has 2 aromatic carbocycles. The molecule has 160 valence electrons. The van der Waals surface area contributed by atoms with E-state index in [-0.39, 0.29) is 29.4 Å². The minimum Gasteiger partial charge on any atom is -0.341 e. The van der Waals surface area contributed by atoms with Crippen molar-refractivity contribution < 1.29 is 14.0 Å². The number of H-pyrrole nitrogens is 1. The topological polar surface area (TPSA) is 69.3 Å². The van der Waals surface area contributed by atoms with Gasteiger partial charge in [-0.1, -0.05) is 42.5 Å². The van der Waals surface area contributed by atoms with E-state index in [0.29, 0.717) is 38.2 Å². The van der Waals surface area contributed by atoms with Crippen LogP contribution in [0.15, 0.2) is 60.9 Å². The van der Waals surface area contributed by atoms with Crippen LogP contribution in [0.4, 0.5) is 4.39 Å². The van der Waals surface area contributed by atoms with Crippen LogP contribution in [-0.2, 0) is 11.2 Å². The van der Waals surface area contributed by atoms with Gasteiger partial charge in [-0.15, -0.1) is 0 Å². The molecule has 0 radical (unpaired) electrons. The third-order valence-corrected chi connectivity index (χ3v) is 5.73. The van der Waals surface area contributed by atoms with Gasteiger partial charge < -0.3 is 14.8 Å². The van der Waals surface area contributed by atoms with E-state index in [0.717, 1.165) is 11.1 Å². The van der Waals surface area contributed by atoms with Crippen molar-refractivity contribution in [2.45, 2.75) is 13.3 Å². The molecule has 0 aliphatic carbocycles. The maximum absolute atomic E-state index is 14.1. The molecule has 31 heavy (non-hydrogen) atoms. The molecule has 1 N–H and O–H groups in total. The molecule has 1 aromatic heterocycles. The second kappa shape index (κ2) is 9.12. The summed E-state index contributed by atoms with van der Waals surface area (Å²) in [6.07, 6.45) is 3.67. The second-order valence-corrected chi connectivity index (χ2v) is 7.68. The number of imidazole rings is 1. The van der Waals surface area contributed by atoms with Gasteiger partial charge >= 0.3 is 0 Å². The van der Waals surface area contributed by atoms with Crippen LogP contribution in [0.3, 0.4) is 0 Å². The first-order valence-electron chi connectivity index (χ1n) is 10.5. The molecule has 7 heteroatoms. The molecule has 1 aliphatic rings. The number of nitrogens with one attached hydrogen (secondary N) is 1. The van der Waals surface area contributed by atoms with Crippen molar-refractivity contribution in [2.75, 3.05) is 26.2 Å². The highest BCUT2D eigenvalue weighted by atomic mass is 19.1. The molecule has 0 saturated carbocycles. The molecule has 1 saturated heterocycles. The number of carbonyl (C=O) groups is 2. The maximum atomic E-state index is 14.1. The fourth-order valence-corrected chi connectivity index (χ4v) is 4.03. The number of halogens is 1. The zero-order valence-electron chi connectivity index (χ0n) is 17.4. The summed E-state index contributed by atoms with van der Waals surface area (Å²) in [7, 11) is 0. The Kier molecular flexibility index (Phi) is 6.11. The Labute approximate surface area is 180 Å². The molecule has 0 spiro atoms. The average Bonchev–Trinajstić information content (AvgIpc) is 3.28. The van der Waals surface area contributed by atoms with Crippen LogP contribution in [0.25, 0.3) is 11.1 Å². The van der Waals surface area contributed by atoms with Gasteiger partial charge in [0.1, 0.15) is 5.82 Å². The highest BCUT2D eigenvalue weighted by Crippen LogP contribution is 2.24. The van der Waals surface area contributed by atoms with E-state index in [4.69, 9.17) is 0 Å². The molecule has 0 bridgehead atoms. The van der Waals surface area contributed by atoms with Crippen LogP contribution < -0.4 is 0 Å². The molecule has 1 unspecified atom stereocenters. The van der Waals surface area contributed by atoms with Crippen molar-refractivity contribution in [3.8, 4) is 11.1 Å². The Morgan fingerprint density at radius 2 is 1.94 bits per heavy atom. The number of aromatic nitrogens is 2. The fraction of sp³-hybridized carbons (Fsp3) is 0.292. The van der Waals surface area contributed by atoms with Crippen LogP contribution in [0.5, 0.6) is 0 Å². The molecular weight excluding hydrogens is 395 g/mol. The molecule has 4 rings (SSSR count). The molecule has 6 nitrogen and oxygen atoms in total. The zero-order chi connectivity index (χ0) is 21.8. The summed E-state index contributed by atoms with van der Waals surface area (Å²) in [5, 5.41) is 0. The van der Waals surface area contributed by atoms with Crippen molar-refractivity contribution in [3.05, 3.63) is 78.1 Å². The molecule has 3 aromatic rings. The van der Waals surface area contributed by atoms with E-state index < -0.39 is 0 Å². The number of hydrogen-bond acceptors (Lipinski definition) is 3. The quantitative estimate of drug-likeness (QED) is 0.688.